The molecule has 176 valence electrons. The molecule has 2 aromatic rings. The number of ether oxygens (including phenoxy) is 1. The van der Waals surface area contributed by atoms with Crippen LogP contribution < -0.4 is 5.32 Å². The monoisotopic (exact) mass is 480 g/mol. The van der Waals surface area contributed by atoms with Crippen molar-refractivity contribution >= 4 is 40.2 Å². The van der Waals surface area contributed by atoms with Gasteiger partial charge in [0, 0.05) is 18.5 Å². The second-order valence-corrected chi connectivity index (χ2v) is 12.2. The van der Waals surface area contributed by atoms with Crippen molar-refractivity contribution < 1.29 is 18.7 Å². The van der Waals surface area contributed by atoms with E-state index >= 15 is 0 Å². The number of oxazole rings is 1. The van der Waals surface area contributed by atoms with Gasteiger partial charge in [0.05, 0.1) is 28.3 Å². The third-order valence-corrected chi connectivity index (χ3v) is 6.88. The minimum atomic E-state index is -0.555. The fraction of sp³-hybridized carbons (Fsp3) is 0.636. The molecule has 32 heavy (non-hydrogen) atoms. The molecule has 0 aliphatic carbocycles. The first-order valence-corrected chi connectivity index (χ1v) is 12.5. The van der Waals surface area contributed by atoms with Gasteiger partial charge in [0.25, 0.3) is 0 Å². The van der Waals surface area contributed by atoms with Crippen LogP contribution in [0.5, 0.6) is 0 Å². The lowest BCUT2D eigenvalue weighted by Crippen LogP contribution is -2.45. The second kappa shape index (κ2) is 9.82. The molecule has 10 heteroatoms. The molecule has 0 radical (unpaired) electrons. The number of likely N-dealkylation sites (tertiary alicyclic amines) is 1. The van der Waals surface area contributed by atoms with Crippen molar-refractivity contribution in [2.24, 2.45) is 5.92 Å². The Morgan fingerprint density at radius 3 is 2.66 bits per heavy atom. The van der Waals surface area contributed by atoms with E-state index < -0.39 is 5.60 Å². The van der Waals surface area contributed by atoms with Gasteiger partial charge in [-0.05, 0) is 33.6 Å². The van der Waals surface area contributed by atoms with Crippen LogP contribution in [-0.2, 0) is 20.7 Å². The quantitative estimate of drug-likeness (QED) is 0.579. The Labute approximate surface area is 197 Å². The maximum Gasteiger partial charge on any atom is 0.410 e. The zero-order chi connectivity index (χ0) is 23.5. The van der Waals surface area contributed by atoms with Gasteiger partial charge in [0.1, 0.15) is 11.4 Å². The number of nitrogens with one attached hydrogen (secondary N) is 1. The summed E-state index contributed by atoms with van der Waals surface area (Å²) in [4.78, 5) is 35.4. The number of thiazole rings is 1. The van der Waals surface area contributed by atoms with E-state index in [1.54, 1.807) is 29.1 Å². The number of carbonyl (C=O) groups is 2. The van der Waals surface area contributed by atoms with Crippen LogP contribution in [0.3, 0.4) is 0 Å². The first-order valence-electron chi connectivity index (χ1n) is 10.7. The molecule has 0 saturated carbocycles. The summed E-state index contributed by atoms with van der Waals surface area (Å²) in [5.74, 6) is 1.73. The lowest BCUT2D eigenvalue weighted by atomic mass is 9.94. The van der Waals surface area contributed by atoms with Crippen LogP contribution in [0.25, 0.3) is 0 Å². The van der Waals surface area contributed by atoms with Gasteiger partial charge >= 0.3 is 6.09 Å². The molecule has 0 unspecified atom stereocenters. The Kier molecular flexibility index (Phi) is 7.54. The van der Waals surface area contributed by atoms with E-state index in [9.17, 15) is 9.59 Å². The Hall–Kier alpha value is -2.07. The number of aromatic nitrogens is 2. The average molecular weight is 481 g/mol. The molecular weight excluding hydrogens is 448 g/mol. The van der Waals surface area contributed by atoms with Gasteiger partial charge in [-0.1, -0.05) is 32.1 Å². The summed E-state index contributed by atoms with van der Waals surface area (Å²) in [6.07, 6.45) is 4.65. The minimum Gasteiger partial charge on any atom is -0.444 e. The van der Waals surface area contributed by atoms with E-state index in [-0.39, 0.29) is 23.3 Å². The van der Waals surface area contributed by atoms with E-state index in [0.29, 0.717) is 29.9 Å². The fourth-order valence-electron chi connectivity index (χ4n) is 3.13. The SMILES string of the molecule is CC(C)(C)OC(=O)N1CCC[C@H](C(=O)Nc2ncc(SCc3ncc(C(C)(C)C)o3)s2)C1. The highest BCUT2D eigenvalue weighted by Crippen LogP contribution is 2.32. The molecule has 1 aliphatic heterocycles. The molecule has 1 aliphatic rings. The number of piperidine rings is 1. The highest BCUT2D eigenvalue weighted by atomic mass is 32.2. The van der Waals surface area contributed by atoms with Gasteiger partial charge in [0.15, 0.2) is 5.13 Å². The predicted molar refractivity (Wildman–Crippen MR) is 126 cm³/mol. The van der Waals surface area contributed by atoms with E-state index in [1.165, 1.54) is 11.3 Å². The zero-order valence-corrected chi connectivity index (χ0v) is 21.2. The van der Waals surface area contributed by atoms with Crippen molar-refractivity contribution in [3.05, 3.63) is 24.0 Å². The van der Waals surface area contributed by atoms with Crippen molar-refractivity contribution in [2.45, 2.75) is 75.4 Å². The second-order valence-electron chi connectivity index (χ2n) is 9.90. The Morgan fingerprint density at radius 1 is 1.25 bits per heavy atom. The molecule has 1 atom stereocenters. The third-order valence-electron chi connectivity index (χ3n) is 4.79. The number of hydrogen-bond acceptors (Lipinski definition) is 8. The maximum absolute atomic E-state index is 12.8. The summed E-state index contributed by atoms with van der Waals surface area (Å²) in [7, 11) is 0. The van der Waals surface area contributed by atoms with E-state index in [4.69, 9.17) is 9.15 Å². The normalized spacial score (nSPS) is 17.3. The smallest absolute Gasteiger partial charge is 0.410 e. The summed E-state index contributed by atoms with van der Waals surface area (Å²) < 4.78 is 12.2. The molecule has 0 bridgehead atoms. The van der Waals surface area contributed by atoms with Gasteiger partial charge in [-0.25, -0.2) is 14.8 Å². The van der Waals surface area contributed by atoms with Crippen LogP contribution >= 0.6 is 23.1 Å². The van der Waals surface area contributed by atoms with E-state index in [2.05, 4.69) is 36.1 Å². The summed E-state index contributed by atoms with van der Waals surface area (Å²) in [5.41, 5.74) is -0.628. The minimum absolute atomic E-state index is 0.0734. The lowest BCUT2D eigenvalue weighted by Gasteiger charge is -2.33. The van der Waals surface area contributed by atoms with Crippen LogP contribution in [0.1, 0.15) is 66.0 Å². The first kappa shape index (κ1) is 24.6. The van der Waals surface area contributed by atoms with Crippen molar-refractivity contribution in [2.75, 3.05) is 18.4 Å². The fourth-order valence-corrected chi connectivity index (χ4v) is 4.86. The van der Waals surface area contributed by atoms with E-state index in [0.717, 1.165) is 22.8 Å². The van der Waals surface area contributed by atoms with Crippen LogP contribution in [0.15, 0.2) is 21.0 Å². The molecule has 1 fully saturated rings. The molecule has 0 spiro atoms. The summed E-state index contributed by atoms with van der Waals surface area (Å²) in [5, 5.41) is 3.45. The summed E-state index contributed by atoms with van der Waals surface area (Å²) in [6.45, 7) is 12.7. The average Bonchev–Trinajstić information content (AvgIpc) is 3.34. The number of anilines is 1. The number of hydrogen-bond donors (Lipinski definition) is 1. The highest BCUT2D eigenvalue weighted by Gasteiger charge is 2.31. The van der Waals surface area contributed by atoms with Crippen LogP contribution in [0.4, 0.5) is 9.93 Å². The topological polar surface area (TPSA) is 97.6 Å². The number of thioether (sulfide) groups is 1. The molecule has 3 rings (SSSR count). The van der Waals surface area contributed by atoms with Gasteiger partial charge in [-0.3, -0.25) is 4.79 Å². The molecule has 2 aromatic heterocycles. The predicted octanol–water partition coefficient (Wildman–Crippen LogP) is 5.31. The number of carbonyl (C=O) groups excluding carboxylic acids is 2. The Balaban J connectivity index is 1.50. The molecule has 3 heterocycles. The van der Waals surface area contributed by atoms with Crippen LogP contribution in [0, 0.1) is 5.92 Å². The Bertz CT molecular complexity index is 942. The van der Waals surface area contributed by atoms with Crippen molar-refractivity contribution in [1.82, 2.24) is 14.9 Å². The molecular formula is C22H32N4O4S2. The molecule has 1 N–H and O–H groups in total. The molecule has 0 aromatic carbocycles. The van der Waals surface area contributed by atoms with E-state index in [1.807, 2.05) is 20.8 Å². The zero-order valence-electron chi connectivity index (χ0n) is 19.6. The van der Waals surface area contributed by atoms with Crippen LogP contribution in [-0.4, -0.2) is 45.6 Å². The molecule has 1 saturated heterocycles. The van der Waals surface area contributed by atoms with Crippen LogP contribution in [0.2, 0.25) is 0 Å². The van der Waals surface area contributed by atoms with Gasteiger partial charge in [0.2, 0.25) is 11.8 Å². The summed E-state index contributed by atoms with van der Waals surface area (Å²) in [6, 6.07) is 0. The first-order chi connectivity index (χ1) is 14.9. The van der Waals surface area contributed by atoms with Crippen molar-refractivity contribution in [3.63, 3.8) is 0 Å². The molecule has 8 nitrogen and oxygen atoms in total. The third kappa shape index (κ3) is 6.96. The Morgan fingerprint density at radius 2 is 2.00 bits per heavy atom. The standard InChI is InChI=1S/C22H32N4O4S2/c1-21(2,3)15-10-23-16(29-15)13-31-17-11-24-19(32-17)25-18(27)14-8-7-9-26(12-14)20(28)30-22(4,5)6/h10-11,14H,7-9,12-13H2,1-6H3,(H,24,25,27)/t14-/m0/s1. The highest BCUT2D eigenvalue weighted by molar-refractivity contribution is 8.00. The lowest BCUT2D eigenvalue weighted by molar-refractivity contribution is -0.121. The summed E-state index contributed by atoms with van der Waals surface area (Å²) >= 11 is 2.99. The van der Waals surface area contributed by atoms with Crippen molar-refractivity contribution in [1.29, 1.82) is 0 Å². The van der Waals surface area contributed by atoms with Gasteiger partial charge in [-0.2, -0.15) is 0 Å². The number of nitrogens with zero attached hydrogens (tertiary/aromatic N) is 3. The maximum atomic E-state index is 12.8. The molecule has 2 amide bonds. The van der Waals surface area contributed by atoms with Gasteiger partial charge < -0.3 is 19.4 Å². The van der Waals surface area contributed by atoms with Crippen molar-refractivity contribution in [3.8, 4) is 0 Å². The van der Waals surface area contributed by atoms with Gasteiger partial charge in [-0.15, -0.1) is 11.8 Å². The largest absolute Gasteiger partial charge is 0.444 e. The number of rotatable bonds is 5. The number of amides is 2.